The van der Waals surface area contributed by atoms with Crippen LogP contribution in [0.2, 0.25) is 0 Å². The minimum atomic E-state index is -3.56. The van der Waals surface area contributed by atoms with Gasteiger partial charge in [0.25, 0.3) is 5.69 Å². The third-order valence-corrected chi connectivity index (χ3v) is 5.05. The number of sulfone groups is 1. The van der Waals surface area contributed by atoms with Crippen LogP contribution in [0.4, 0.5) is 15.8 Å². The van der Waals surface area contributed by atoms with E-state index in [2.05, 4.69) is 5.32 Å². The molecule has 0 spiro atoms. The Kier molecular flexibility index (Phi) is 4.34. The summed E-state index contributed by atoms with van der Waals surface area (Å²) in [6.07, 6.45) is 1.47. The van der Waals surface area contributed by atoms with Gasteiger partial charge in [-0.1, -0.05) is 0 Å². The first-order chi connectivity index (χ1) is 11.8. The standard InChI is InChI=1S/C16H15FN2O5S/c1-25(22,23)11-3-4-14(15(9-11)19(20)21)18-13-6-7-24-16-5-2-10(17)8-12(13)16/h2-5,8-9,13,18H,6-7H2,1H3. The molecule has 1 N–H and O–H groups in total. The Hall–Kier alpha value is -2.68. The minimum absolute atomic E-state index is 0.136. The topological polar surface area (TPSA) is 98.5 Å². The first-order valence-corrected chi connectivity index (χ1v) is 9.32. The van der Waals surface area contributed by atoms with Crippen LogP contribution in [0, 0.1) is 15.9 Å². The van der Waals surface area contributed by atoms with Gasteiger partial charge in [-0.15, -0.1) is 0 Å². The van der Waals surface area contributed by atoms with E-state index < -0.39 is 20.6 Å². The van der Waals surface area contributed by atoms with Gasteiger partial charge in [-0.3, -0.25) is 10.1 Å². The lowest BCUT2D eigenvalue weighted by Crippen LogP contribution is -2.21. The molecule has 0 saturated heterocycles. The Bertz CT molecular complexity index is 946. The zero-order chi connectivity index (χ0) is 18.2. The monoisotopic (exact) mass is 366 g/mol. The van der Waals surface area contributed by atoms with Gasteiger partial charge in [0.1, 0.15) is 17.3 Å². The number of nitrogens with one attached hydrogen (secondary N) is 1. The molecule has 1 aliphatic heterocycles. The fraction of sp³-hybridized carbons (Fsp3) is 0.250. The molecule has 3 rings (SSSR count). The zero-order valence-corrected chi connectivity index (χ0v) is 14.0. The number of benzene rings is 2. The normalized spacial score (nSPS) is 16.6. The lowest BCUT2D eigenvalue weighted by molar-refractivity contribution is -0.384. The van der Waals surface area contributed by atoms with Gasteiger partial charge in [-0.2, -0.15) is 0 Å². The Morgan fingerprint density at radius 1 is 1.28 bits per heavy atom. The van der Waals surface area contributed by atoms with Crippen LogP contribution in [0.3, 0.4) is 0 Å². The van der Waals surface area contributed by atoms with E-state index in [1.165, 1.54) is 30.3 Å². The van der Waals surface area contributed by atoms with E-state index in [0.717, 1.165) is 12.3 Å². The van der Waals surface area contributed by atoms with Crippen molar-refractivity contribution in [2.24, 2.45) is 0 Å². The van der Waals surface area contributed by atoms with Crippen LogP contribution < -0.4 is 10.1 Å². The highest BCUT2D eigenvalue weighted by Gasteiger charge is 2.26. The molecule has 1 unspecified atom stereocenters. The molecule has 0 bridgehead atoms. The number of ether oxygens (including phenoxy) is 1. The van der Waals surface area contributed by atoms with Crippen LogP contribution in [0.5, 0.6) is 5.75 Å². The van der Waals surface area contributed by atoms with E-state index in [1.54, 1.807) is 0 Å². The molecule has 0 fully saturated rings. The van der Waals surface area contributed by atoms with Crippen molar-refractivity contribution in [2.75, 3.05) is 18.2 Å². The van der Waals surface area contributed by atoms with Crippen LogP contribution in [0.25, 0.3) is 0 Å². The number of nitro groups is 1. The van der Waals surface area contributed by atoms with Gasteiger partial charge >= 0.3 is 0 Å². The van der Waals surface area contributed by atoms with Gasteiger partial charge < -0.3 is 10.1 Å². The Labute approximate surface area is 143 Å². The van der Waals surface area contributed by atoms with Crippen molar-refractivity contribution in [1.29, 1.82) is 0 Å². The molecule has 25 heavy (non-hydrogen) atoms. The first kappa shape index (κ1) is 17.2. The van der Waals surface area contributed by atoms with Crippen molar-refractivity contribution in [3.05, 3.63) is 57.9 Å². The lowest BCUT2D eigenvalue weighted by atomic mass is 10.00. The van der Waals surface area contributed by atoms with E-state index in [9.17, 15) is 22.9 Å². The predicted octanol–water partition coefficient (Wildman–Crippen LogP) is 3.07. The van der Waals surface area contributed by atoms with Crippen LogP contribution >= 0.6 is 0 Å². The summed E-state index contributed by atoms with van der Waals surface area (Å²) < 4.78 is 42.2. The smallest absolute Gasteiger partial charge is 0.293 e. The molecule has 0 aliphatic carbocycles. The minimum Gasteiger partial charge on any atom is -0.493 e. The average molecular weight is 366 g/mol. The Balaban J connectivity index is 1.99. The highest BCUT2D eigenvalue weighted by atomic mass is 32.2. The second-order valence-corrected chi connectivity index (χ2v) is 7.74. The van der Waals surface area contributed by atoms with Gasteiger partial charge in [0.05, 0.1) is 22.5 Å². The molecule has 7 nitrogen and oxygen atoms in total. The van der Waals surface area contributed by atoms with Crippen molar-refractivity contribution in [3.63, 3.8) is 0 Å². The first-order valence-electron chi connectivity index (χ1n) is 7.43. The SMILES string of the molecule is CS(=O)(=O)c1ccc(NC2CCOc3ccc(F)cc32)c([N+](=O)[O-])c1. The van der Waals surface area contributed by atoms with Crippen LogP contribution in [0.15, 0.2) is 41.3 Å². The van der Waals surface area contributed by atoms with Gasteiger partial charge in [-0.25, -0.2) is 12.8 Å². The maximum absolute atomic E-state index is 13.5. The third kappa shape index (κ3) is 3.55. The molecule has 0 radical (unpaired) electrons. The lowest BCUT2D eigenvalue weighted by Gasteiger charge is -2.27. The summed E-state index contributed by atoms with van der Waals surface area (Å²) in [5.41, 5.74) is 0.375. The van der Waals surface area contributed by atoms with Crippen LogP contribution in [-0.2, 0) is 9.84 Å². The molecule has 0 saturated carbocycles. The fourth-order valence-electron chi connectivity index (χ4n) is 2.72. The number of hydrogen-bond donors (Lipinski definition) is 1. The Morgan fingerprint density at radius 3 is 2.72 bits per heavy atom. The van der Waals surface area contributed by atoms with Gasteiger partial charge in [0.2, 0.25) is 0 Å². The summed E-state index contributed by atoms with van der Waals surface area (Å²) in [7, 11) is -3.56. The molecule has 1 heterocycles. The molecule has 2 aromatic rings. The number of nitrogens with zero attached hydrogens (tertiary/aromatic N) is 1. The zero-order valence-electron chi connectivity index (χ0n) is 13.2. The number of anilines is 1. The predicted molar refractivity (Wildman–Crippen MR) is 89.1 cm³/mol. The molecular formula is C16H15FN2O5S. The average Bonchev–Trinajstić information content (AvgIpc) is 2.54. The van der Waals surface area contributed by atoms with E-state index in [1.807, 2.05) is 0 Å². The van der Waals surface area contributed by atoms with Crippen molar-refractivity contribution in [2.45, 2.75) is 17.4 Å². The molecule has 1 atom stereocenters. The summed E-state index contributed by atoms with van der Waals surface area (Å²) >= 11 is 0. The fourth-order valence-corrected chi connectivity index (χ4v) is 3.36. The van der Waals surface area contributed by atoms with E-state index in [-0.39, 0.29) is 22.3 Å². The molecule has 132 valence electrons. The molecule has 0 aromatic heterocycles. The summed E-state index contributed by atoms with van der Waals surface area (Å²) in [6.45, 7) is 0.380. The van der Waals surface area contributed by atoms with Gasteiger partial charge in [-0.05, 0) is 30.3 Å². The largest absolute Gasteiger partial charge is 0.493 e. The molecule has 1 aliphatic rings. The maximum atomic E-state index is 13.5. The number of halogens is 1. The number of fused-ring (bicyclic) bond motifs is 1. The second kappa shape index (κ2) is 6.32. The molecule has 9 heteroatoms. The highest BCUT2D eigenvalue weighted by molar-refractivity contribution is 7.90. The molecular weight excluding hydrogens is 351 g/mol. The van der Waals surface area contributed by atoms with Gasteiger partial charge in [0.15, 0.2) is 9.84 Å². The van der Waals surface area contributed by atoms with E-state index in [0.29, 0.717) is 24.3 Å². The number of rotatable bonds is 4. The van der Waals surface area contributed by atoms with Crippen molar-refractivity contribution in [3.8, 4) is 5.75 Å². The van der Waals surface area contributed by atoms with E-state index >= 15 is 0 Å². The van der Waals surface area contributed by atoms with Crippen LogP contribution in [0.1, 0.15) is 18.0 Å². The van der Waals surface area contributed by atoms with Crippen LogP contribution in [-0.4, -0.2) is 26.2 Å². The highest BCUT2D eigenvalue weighted by Crippen LogP contribution is 2.37. The van der Waals surface area contributed by atoms with Crippen molar-refractivity contribution in [1.82, 2.24) is 0 Å². The van der Waals surface area contributed by atoms with Crippen molar-refractivity contribution < 1.29 is 22.5 Å². The van der Waals surface area contributed by atoms with Gasteiger partial charge in [0, 0.05) is 24.3 Å². The number of hydrogen-bond acceptors (Lipinski definition) is 6. The number of nitro benzene ring substituents is 1. The molecule has 0 amide bonds. The maximum Gasteiger partial charge on any atom is 0.293 e. The Morgan fingerprint density at radius 2 is 2.04 bits per heavy atom. The summed E-state index contributed by atoms with van der Waals surface area (Å²) in [5, 5.41) is 14.3. The second-order valence-electron chi connectivity index (χ2n) is 5.72. The molecule has 2 aromatic carbocycles. The summed E-state index contributed by atoms with van der Waals surface area (Å²) in [5.74, 6) is 0.0820. The van der Waals surface area contributed by atoms with Crippen molar-refractivity contribution >= 4 is 21.2 Å². The van der Waals surface area contributed by atoms with E-state index in [4.69, 9.17) is 4.74 Å². The quantitative estimate of drug-likeness (QED) is 0.659. The summed E-state index contributed by atoms with van der Waals surface area (Å²) in [4.78, 5) is 10.5. The summed E-state index contributed by atoms with van der Waals surface area (Å²) in [6, 6.07) is 7.40. The third-order valence-electron chi connectivity index (χ3n) is 3.94.